The Kier molecular flexibility index (Phi) is 4.47. The van der Waals surface area contributed by atoms with Crippen molar-refractivity contribution in [3.63, 3.8) is 0 Å². The normalized spacial score (nSPS) is 16.5. The molecule has 0 saturated carbocycles. The summed E-state index contributed by atoms with van der Waals surface area (Å²) in [6.45, 7) is 4.87. The van der Waals surface area contributed by atoms with Crippen LogP contribution in [0.2, 0.25) is 0 Å². The fourth-order valence-electron chi connectivity index (χ4n) is 3.66. The maximum atomic E-state index is 12.5. The van der Waals surface area contributed by atoms with E-state index in [0.29, 0.717) is 31.9 Å². The zero-order valence-electron chi connectivity index (χ0n) is 14.9. The predicted octanol–water partition coefficient (Wildman–Crippen LogP) is 2.74. The van der Waals surface area contributed by atoms with Crippen LogP contribution in [0, 0.1) is 0 Å². The molecule has 134 valence electrons. The molecule has 1 fully saturated rings. The molecule has 2 amide bonds. The highest BCUT2D eigenvalue weighted by atomic mass is 16.5. The van der Waals surface area contributed by atoms with Crippen LogP contribution in [0.15, 0.2) is 42.5 Å². The third kappa shape index (κ3) is 3.10. The van der Waals surface area contributed by atoms with Crippen LogP contribution in [-0.2, 0) is 16.0 Å². The lowest BCUT2D eigenvalue weighted by atomic mass is 10.0. The number of amides is 2. The lowest BCUT2D eigenvalue weighted by Gasteiger charge is -2.26. The van der Waals surface area contributed by atoms with Crippen LogP contribution in [0.5, 0.6) is 0 Å². The van der Waals surface area contributed by atoms with Gasteiger partial charge in [0.25, 0.3) is 5.91 Å². The number of hydrogen-bond acceptors (Lipinski definition) is 3. The van der Waals surface area contributed by atoms with E-state index in [9.17, 15) is 9.59 Å². The van der Waals surface area contributed by atoms with Crippen LogP contribution in [0.25, 0.3) is 11.1 Å². The van der Waals surface area contributed by atoms with Gasteiger partial charge in [-0.1, -0.05) is 18.2 Å². The van der Waals surface area contributed by atoms with E-state index < -0.39 is 0 Å². The third-order valence-corrected chi connectivity index (χ3v) is 5.12. The number of benzene rings is 2. The molecule has 26 heavy (non-hydrogen) atoms. The van der Waals surface area contributed by atoms with Gasteiger partial charge in [-0.25, -0.2) is 0 Å². The lowest BCUT2D eigenvalue weighted by molar-refractivity contribution is -0.116. The Balaban J connectivity index is 1.54. The first-order valence-electron chi connectivity index (χ1n) is 9.02. The average Bonchev–Trinajstić information content (AvgIpc) is 3.12. The molecular formula is C21H22N2O3. The number of rotatable bonds is 2. The van der Waals surface area contributed by atoms with E-state index in [1.807, 2.05) is 46.2 Å². The molecule has 4 rings (SSSR count). The van der Waals surface area contributed by atoms with E-state index in [2.05, 4.69) is 6.07 Å². The van der Waals surface area contributed by atoms with Crippen LogP contribution < -0.4 is 4.90 Å². The Morgan fingerprint density at radius 3 is 2.31 bits per heavy atom. The average molecular weight is 350 g/mol. The van der Waals surface area contributed by atoms with E-state index in [1.54, 1.807) is 6.92 Å². The highest BCUT2D eigenvalue weighted by Gasteiger charge is 2.22. The number of morpholine rings is 1. The molecule has 2 heterocycles. The number of ether oxygens (including phenoxy) is 1. The summed E-state index contributed by atoms with van der Waals surface area (Å²) in [6, 6.07) is 14.0. The van der Waals surface area contributed by atoms with Gasteiger partial charge in [-0.05, 0) is 47.4 Å². The van der Waals surface area contributed by atoms with Gasteiger partial charge in [0.2, 0.25) is 5.91 Å². The summed E-state index contributed by atoms with van der Waals surface area (Å²) in [7, 11) is 0. The topological polar surface area (TPSA) is 49.9 Å². The summed E-state index contributed by atoms with van der Waals surface area (Å²) in [5.41, 5.74) is 5.11. The van der Waals surface area contributed by atoms with Crippen molar-refractivity contribution in [3.05, 3.63) is 53.6 Å². The molecule has 0 spiro atoms. The maximum absolute atomic E-state index is 12.5. The molecule has 2 aromatic rings. The summed E-state index contributed by atoms with van der Waals surface area (Å²) in [6.07, 6.45) is 0.885. The molecule has 0 aromatic heterocycles. The van der Waals surface area contributed by atoms with Crippen molar-refractivity contribution in [1.29, 1.82) is 0 Å². The Labute approximate surface area is 153 Å². The van der Waals surface area contributed by atoms with Gasteiger partial charge in [0, 0.05) is 37.8 Å². The summed E-state index contributed by atoms with van der Waals surface area (Å²) in [5, 5.41) is 0. The van der Waals surface area contributed by atoms with Crippen molar-refractivity contribution < 1.29 is 14.3 Å². The molecule has 0 radical (unpaired) electrons. The van der Waals surface area contributed by atoms with E-state index >= 15 is 0 Å². The molecular weight excluding hydrogens is 328 g/mol. The number of carbonyl (C=O) groups is 2. The number of carbonyl (C=O) groups excluding carboxylic acids is 2. The third-order valence-electron chi connectivity index (χ3n) is 5.12. The van der Waals surface area contributed by atoms with Gasteiger partial charge in [-0.2, -0.15) is 0 Å². The van der Waals surface area contributed by atoms with Crippen molar-refractivity contribution >= 4 is 17.5 Å². The number of fused-ring (bicyclic) bond motifs is 1. The predicted molar refractivity (Wildman–Crippen MR) is 100 cm³/mol. The zero-order valence-corrected chi connectivity index (χ0v) is 14.9. The van der Waals surface area contributed by atoms with Crippen LogP contribution in [0.4, 0.5) is 5.69 Å². The van der Waals surface area contributed by atoms with Gasteiger partial charge >= 0.3 is 0 Å². The fourth-order valence-corrected chi connectivity index (χ4v) is 3.66. The van der Waals surface area contributed by atoms with E-state index in [4.69, 9.17) is 4.74 Å². The first kappa shape index (κ1) is 16.8. The summed E-state index contributed by atoms with van der Waals surface area (Å²) >= 11 is 0. The Morgan fingerprint density at radius 2 is 1.62 bits per heavy atom. The maximum Gasteiger partial charge on any atom is 0.254 e. The molecule has 0 aliphatic carbocycles. The molecule has 0 unspecified atom stereocenters. The van der Waals surface area contributed by atoms with Crippen LogP contribution in [0.1, 0.15) is 22.8 Å². The lowest BCUT2D eigenvalue weighted by Crippen LogP contribution is -2.40. The molecule has 2 aliphatic heterocycles. The summed E-state index contributed by atoms with van der Waals surface area (Å²) in [5.74, 6) is 0.147. The van der Waals surface area contributed by atoms with Gasteiger partial charge in [0.15, 0.2) is 0 Å². The SMILES string of the molecule is CC(=O)N1CCc2cc(-c3ccc(C(=O)N4CCOCC4)cc3)ccc21. The minimum Gasteiger partial charge on any atom is -0.378 e. The van der Waals surface area contributed by atoms with E-state index in [1.165, 1.54) is 5.56 Å². The van der Waals surface area contributed by atoms with Gasteiger partial charge in [0.05, 0.1) is 13.2 Å². The van der Waals surface area contributed by atoms with E-state index in [-0.39, 0.29) is 11.8 Å². The number of anilines is 1. The van der Waals surface area contributed by atoms with E-state index in [0.717, 1.165) is 29.8 Å². The van der Waals surface area contributed by atoms with Gasteiger partial charge in [0.1, 0.15) is 0 Å². The largest absolute Gasteiger partial charge is 0.378 e. The van der Waals surface area contributed by atoms with Crippen molar-refractivity contribution in [2.45, 2.75) is 13.3 Å². The zero-order chi connectivity index (χ0) is 18.1. The van der Waals surface area contributed by atoms with Crippen molar-refractivity contribution in [3.8, 4) is 11.1 Å². The molecule has 5 nitrogen and oxygen atoms in total. The summed E-state index contributed by atoms with van der Waals surface area (Å²) in [4.78, 5) is 27.9. The minimum absolute atomic E-state index is 0.0610. The molecule has 2 aliphatic rings. The van der Waals surface area contributed by atoms with Gasteiger partial charge in [-0.15, -0.1) is 0 Å². The first-order chi connectivity index (χ1) is 12.6. The van der Waals surface area contributed by atoms with Crippen molar-refractivity contribution in [1.82, 2.24) is 4.90 Å². The van der Waals surface area contributed by atoms with Crippen LogP contribution >= 0.6 is 0 Å². The number of hydrogen-bond donors (Lipinski definition) is 0. The van der Waals surface area contributed by atoms with Crippen molar-refractivity contribution in [2.24, 2.45) is 0 Å². The fraction of sp³-hybridized carbons (Fsp3) is 0.333. The standard InChI is InChI=1S/C21H22N2O3/c1-15(24)23-9-8-19-14-18(6-7-20(19)23)16-2-4-17(5-3-16)21(25)22-10-12-26-13-11-22/h2-7,14H,8-13H2,1H3. The van der Waals surface area contributed by atoms with Gasteiger partial charge < -0.3 is 14.5 Å². The quantitative estimate of drug-likeness (QED) is 0.837. The Morgan fingerprint density at radius 1 is 0.923 bits per heavy atom. The second kappa shape index (κ2) is 6.92. The second-order valence-corrected chi connectivity index (χ2v) is 6.75. The second-order valence-electron chi connectivity index (χ2n) is 6.75. The van der Waals surface area contributed by atoms with Gasteiger partial charge in [-0.3, -0.25) is 9.59 Å². The smallest absolute Gasteiger partial charge is 0.254 e. The Bertz CT molecular complexity index is 839. The summed E-state index contributed by atoms with van der Waals surface area (Å²) < 4.78 is 5.30. The number of nitrogens with zero attached hydrogens (tertiary/aromatic N) is 2. The minimum atomic E-state index is 0.0610. The highest BCUT2D eigenvalue weighted by molar-refractivity contribution is 5.95. The Hall–Kier alpha value is -2.66. The molecule has 0 N–H and O–H groups in total. The molecule has 1 saturated heterocycles. The highest BCUT2D eigenvalue weighted by Crippen LogP contribution is 2.32. The van der Waals surface area contributed by atoms with Crippen LogP contribution in [0.3, 0.4) is 0 Å². The van der Waals surface area contributed by atoms with Crippen molar-refractivity contribution in [2.75, 3.05) is 37.7 Å². The molecule has 2 aromatic carbocycles. The first-order valence-corrected chi connectivity index (χ1v) is 9.02. The molecule has 5 heteroatoms. The molecule has 0 bridgehead atoms. The monoisotopic (exact) mass is 350 g/mol. The van der Waals surface area contributed by atoms with Crippen LogP contribution in [-0.4, -0.2) is 49.6 Å². The molecule has 0 atom stereocenters.